The second kappa shape index (κ2) is 7.38. The van der Waals surface area contributed by atoms with Gasteiger partial charge in [0, 0.05) is 30.6 Å². The molecular formula is C18H20FN3O4. The van der Waals surface area contributed by atoms with Crippen molar-refractivity contribution < 1.29 is 18.7 Å². The lowest BCUT2D eigenvalue weighted by molar-refractivity contribution is 0.0635. The fraction of sp³-hybridized carbons (Fsp3) is 0.278. The van der Waals surface area contributed by atoms with Gasteiger partial charge < -0.3 is 14.6 Å². The van der Waals surface area contributed by atoms with E-state index in [0.717, 1.165) is 6.07 Å². The summed E-state index contributed by atoms with van der Waals surface area (Å²) in [6.45, 7) is 5.05. The topological polar surface area (TPSA) is 89.4 Å². The zero-order valence-electron chi connectivity index (χ0n) is 14.9. The van der Waals surface area contributed by atoms with Crippen molar-refractivity contribution in [1.29, 1.82) is 0 Å². The summed E-state index contributed by atoms with van der Waals surface area (Å²) in [4.78, 5) is 35.6. The third kappa shape index (κ3) is 5.17. The first-order chi connectivity index (χ1) is 12.0. The van der Waals surface area contributed by atoms with Crippen molar-refractivity contribution in [3.63, 3.8) is 0 Å². The first-order valence-electron chi connectivity index (χ1n) is 7.83. The van der Waals surface area contributed by atoms with E-state index in [9.17, 15) is 18.8 Å². The molecule has 2 N–H and O–H groups in total. The molecule has 0 bridgehead atoms. The minimum absolute atomic E-state index is 0.138. The molecule has 2 rings (SSSR count). The molecule has 0 aliphatic carbocycles. The van der Waals surface area contributed by atoms with Gasteiger partial charge in [0.05, 0.1) is 5.69 Å². The average Bonchev–Trinajstić information content (AvgIpc) is 2.51. The third-order valence-electron chi connectivity index (χ3n) is 3.23. The number of nitrogens with one attached hydrogen (secondary N) is 2. The number of anilines is 2. The summed E-state index contributed by atoms with van der Waals surface area (Å²) >= 11 is 0. The second-order valence-electron chi connectivity index (χ2n) is 6.64. The Kier molecular flexibility index (Phi) is 5.44. The van der Waals surface area contributed by atoms with Gasteiger partial charge in [-0.15, -0.1) is 0 Å². The number of aryl methyl sites for hydroxylation is 1. The van der Waals surface area contributed by atoms with Crippen LogP contribution < -0.4 is 16.2 Å². The van der Waals surface area contributed by atoms with E-state index in [1.165, 1.54) is 35.0 Å². The lowest BCUT2D eigenvalue weighted by Gasteiger charge is -2.20. The van der Waals surface area contributed by atoms with E-state index >= 15 is 0 Å². The van der Waals surface area contributed by atoms with E-state index in [1.54, 1.807) is 27.8 Å². The van der Waals surface area contributed by atoms with Gasteiger partial charge in [-0.2, -0.15) is 0 Å². The predicted octanol–water partition coefficient (Wildman–Crippen LogP) is 3.12. The van der Waals surface area contributed by atoms with Crippen LogP contribution in [0.25, 0.3) is 0 Å². The van der Waals surface area contributed by atoms with Crippen LogP contribution in [0.3, 0.4) is 0 Å². The van der Waals surface area contributed by atoms with Gasteiger partial charge in [-0.25, -0.2) is 9.18 Å². The molecule has 0 radical (unpaired) electrons. The normalized spacial score (nSPS) is 11.0. The molecule has 0 unspecified atom stereocenters. The molecule has 0 spiro atoms. The molecule has 0 saturated carbocycles. The summed E-state index contributed by atoms with van der Waals surface area (Å²) in [6, 6.07) is 6.39. The number of carbonyl (C=O) groups excluding carboxylic acids is 2. The first-order valence-corrected chi connectivity index (χ1v) is 7.83. The number of nitrogens with zero attached hydrogens (tertiary/aromatic N) is 1. The molecule has 2 amide bonds. The van der Waals surface area contributed by atoms with Gasteiger partial charge in [-0.3, -0.25) is 14.9 Å². The summed E-state index contributed by atoms with van der Waals surface area (Å²) in [5.41, 5.74) is -0.779. The fourth-order valence-electron chi connectivity index (χ4n) is 2.01. The predicted molar refractivity (Wildman–Crippen MR) is 95.9 cm³/mol. The molecule has 8 heteroatoms. The van der Waals surface area contributed by atoms with Crippen molar-refractivity contribution in [2.24, 2.45) is 7.05 Å². The number of rotatable bonds is 3. The lowest BCUT2D eigenvalue weighted by Crippen LogP contribution is -2.27. The first kappa shape index (κ1) is 19.2. The van der Waals surface area contributed by atoms with E-state index in [4.69, 9.17) is 4.74 Å². The summed E-state index contributed by atoms with van der Waals surface area (Å²) < 4.78 is 20.3. The highest BCUT2D eigenvalue weighted by molar-refractivity contribution is 6.04. The van der Waals surface area contributed by atoms with Gasteiger partial charge >= 0.3 is 6.09 Å². The van der Waals surface area contributed by atoms with Crippen LogP contribution in [-0.2, 0) is 11.8 Å². The van der Waals surface area contributed by atoms with Crippen LogP contribution in [0.4, 0.5) is 20.6 Å². The van der Waals surface area contributed by atoms with Gasteiger partial charge in [0.2, 0.25) is 0 Å². The third-order valence-corrected chi connectivity index (χ3v) is 3.23. The fourth-order valence-corrected chi connectivity index (χ4v) is 2.01. The van der Waals surface area contributed by atoms with Gasteiger partial charge in [-0.05, 0) is 45.0 Å². The highest BCUT2D eigenvalue weighted by Crippen LogP contribution is 2.21. The Bertz CT molecular complexity index is 900. The highest BCUT2D eigenvalue weighted by Gasteiger charge is 2.18. The molecule has 138 valence electrons. The van der Waals surface area contributed by atoms with Gasteiger partial charge in [0.25, 0.3) is 11.5 Å². The van der Waals surface area contributed by atoms with Gasteiger partial charge in [0.15, 0.2) is 0 Å². The van der Waals surface area contributed by atoms with Crippen molar-refractivity contribution in [3.8, 4) is 0 Å². The standard InChI is InChI=1S/C18H20FN3O4/c1-18(2,3)26-17(25)21-14-10-12(5-6-13(14)19)20-16(24)11-7-8-22(4)15(23)9-11/h5-10H,1-4H3,(H,20,24)(H,21,25). The average molecular weight is 361 g/mol. The summed E-state index contributed by atoms with van der Waals surface area (Å²) in [6.07, 6.45) is 0.656. The summed E-state index contributed by atoms with van der Waals surface area (Å²) in [5.74, 6) is -1.21. The van der Waals surface area contributed by atoms with Crippen LogP contribution >= 0.6 is 0 Å². The number of aromatic nitrogens is 1. The monoisotopic (exact) mass is 361 g/mol. The molecule has 0 aliphatic rings. The minimum Gasteiger partial charge on any atom is -0.444 e. The smallest absolute Gasteiger partial charge is 0.412 e. The zero-order chi connectivity index (χ0) is 19.5. The number of hydrogen-bond acceptors (Lipinski definition) is 4. The van der Waals surface area contributed by atoms with E-state index in [-0.39, 0.29) is 22.5 Å². The SMILES string of the molecule is Cn1ccc(C(=O)Nc2ccc(F)c(NC(=O)OC(C)(C)C)c2)cc1=O. The molecule has 26 heavy (non-hydrogen) atoms. The Morgan fingerprint density at radius 2 is 1.81 bits per heavy atom. The molecule has 2 aromatic rings. The molecule has 0 saturated heterocycles. The Morgan fingerprint density at radius 3 is 2.42 bits per heavy atom. The van der Waals surface area contributed by atoms with E-state index < -0.39 is 23.4 Å². The molecule has 1 aromatic heterocycles. The molecule has 0 aliphatic heterocycles. The maximum Gasteiger partial charge on any atom is 0.412 e. The van der Waals surface area contributed by atoms with Crippen molar-refractivity contribution in [2.75, 3.05) is 10.6 Å². The van der Waals surface area contributed by atoms with E-state index in [1.807, 2.05) is 0 Å². The summed E-state index contributed by atoms with van der Waals surface area (Å²) in [5, 5.41) is 4.84. The highest BCUT2D eigenvalue weighted by atomic mass is 19.1. The summed E-state index contributed by atoms with van der Waals surface area (Å²) in [7, 11) is 1.57. The number of ether oxygens (including phenoxy) is 1. The molecule has 0 fully saturated rings. The maximum atomic E-state index is 13.9. The van der Waals surface area contributed by atoms with Crippen LogP contribution in [0.5, 0.6) is 0 Å². The van der Waals surface area contributed by atoms with Gasteiger partial charge in [-0.1, -0.05) is 0 Å². The Labute approximate surface area is 149 Å². The number of carbonyl (C=O) groups is 2. The molecular weight excluding hydrogens is 341 g/mol. The molecule has 1 heterocycles. The van der Waals surface area contributed by atoms with Crippen molar-refractivity contribution in [2.45, 2.75) is 26.4 Å². The van der Waals surface area contributed by atoms with Crippen LogP contribution in [-0.4, -0.2) is 22.2 Å². The van der Waals surface area contributed by atoms with Crippen LogP contribution in [0.1, 0.15) is 31.1 Å². The number of hydrogen-bond donors (Lipinski definition) is 2. The van der Waals surface area contributed by atoms with Crippen LogP contribution in [0.2, 0.25) is 0 Å². The Balaban J connectivity index is 2.15. The molecule has 7 nitrogen and oxygen atoms in total. The Morgan fingerprint density at radius 1 is 1.12 bits per heavy atom. The number of benzene rings is 1. The zero-order valence-corrected chi connectivity index (χ0v) is 14.9. The molecule has 1 aromatic carbocycles. The van der Waals surface area contributed by atoms with Crippen LogP contribution in [0.15, 0.2) is 41.3 Å². The van der Waals surface area contributed by atoms with E-state index in [0.29, 0.717) is 0 Å². The number of pyridine rings is 1. The minimum atomic E-state index is -0.813. The maximum absolute atomic E-state index is 13.9. The number of halogens is 1. The van der Waals surface area contributed by atoms with Crippen molar-refractivity contribution in [1.82, 2.24) is 4.57 Å². The lowest BCUT2D eigenvalue weighted by atomic mass is 10.2. The Hall–Kier alpha value is -3.16. The van der Waals surface area contributed by atoms with E-state index in [2.05, 4.69) is 10.6 Å². The van der Waals surface area contributed by atoms with Crippen molar-refractivity contribution >= 4 is 23.4 Å². The second-order valence-corrected chi connectivity index (χ2v) is 6.64. The number of amides is 2. The molecule has 0 atom stereocenters. The van der Waals surface area contributed by atoms with Crippen molar-refractivity contribution in [3.05, 3.63) is 58.3 Å². The largest absolute Gasteiger partial charge is 0.444 e. The van der Waals surface area contributed by atoms with Gasteiger partial charge in [0.1, 0.15) is 11.4 Å². The quantitative estimate of drug-likeness (QED) is 0.879. The van der Waals surface area contributed by atoms with Crippen LogP contribution in [0, 0.1) is 5.82 Å².